The van der Waals surface area contributed by atoms with Gasteiger partial charge in [-0.1, -0.05) is 19.9 Å². The molecule has 27 heavy (non-hydrogen) atoms. The number of ether oxygens (including phenoxy) is 2. The molecule has 0 aromatic heterocycles. The fraction of sp³-hybridized carbons (Fsp3) is 0.619. The van der Waals surface area contributed by atoms with Crippen molar-refractivity contribution in [3.8, 4) is 11.5 Å². The Morgan fingerprint density at radius 1 is 1.11 bits per heavy atom. The summed E-state index contributed by atoms with van der Waals surface area (Å²) in [7, 11) is 3.19. The van der Waals surface area contributed by atoms with Crippen LogP contribution in [0.3, 0.4) is 0 Å². The number of likely N-dealkylation sites (tertiary alicyclic amines) is 1. The summed E-state index contributed by atoms with van der Waals surface area (Å²) in [4.78, 5) is 26.3. The first-order valence-electron chi connectivity index (χ1n) is 9.65. The minimum atomic E-state index is -0.762. The van der Waals surface area contributed by atoms with Crippen LogP contribution in [0.25, 0.3) is 0 Å². The zero-order valence-corrected chi connectivity index (χ0v) is 16.8. The van der Waals surface area contributed by atoms with Crippen LogP contribution in [0.15, 0.2) is 18.2 Å². The molecule has 1 heterocycles. The van der Waals surface area contributed by atoms with E-state index in [4.69, 9.17) is 14.6 Å². The van der Waals surface area contributed by atoms with Gasteiger partial charge >= 0.3 is 5.97 Å². The van der Waals surface area contributed by atoms with Gasteiger partial charge in [-0.3, -0.25) is 9.59 Å². The minimum Gasteiger partial charge on any atom is -0.493 e. The van der Waals surface area contributed by atoms with Crippen molar-refractivity contribution in [3.05, 3.63) is 23.8 Å². The maximum absolute atomic E-state index is 13.5. The van der Waals surface area contributed by atoms with Crippen LogP contribution in [0, 0.1) is 5.92 Å². The monoisotopic (exact) mass is 377 g/mol. The average molecular weight is 377 g/mol. The zero-order valence-electron chi connectivity index (χ0n) is 16.8. The second-order valence-corrected chi connectivity index (χ2v) is 7.19. The fourth-order valence-electron chi connectivity index (χ4n) is 4.11. The number of nitrogens with zero attached hydrogens (tertiary/aromatic N) is 1. The molecule has 2 rings (SSSR count). The van der Waals surface area contributed by atoms with Gasteiger partial charge in [0.25, 0.3) is 0 Å². The van der Waals surface area contributed by atoms with Crippen LogP contribution in [0.2, 0.25) is 0 Å². The van der Waals surface area contributed by atoms with E-state index in [1.165, 1.54) is 0 Å². The Hall–Kier alpha value is -2.24. The second-order valence-electron chi connectivity index (χ2n) is 7.19. The largest absolute Gasteiger partial charge is 0.493 e. The molecule has 0 unspecified atom stereocenters. The number of hydrogen-bond acceptors (Lipinski definition) is 4. The van der Waals surface area contributed by atoms with E-state index in [9.17, 15) is 9.59 Å². The van der Waals surface area contributed by atoms with E-state index in [-0.39, 0.29) is 18.2 Å². The maximum Gasteiger partial charge on any atom is 0.303 e. The lowest BCUT2D eigenvalue weighted by atomic mass is 9.74. The molecule has 1 aromatic rings. The summed E-state index contributed by atoms with van der Waals surface area (Å²) in [6, 6.07) is 5.70. The molecule has 0 aliphatic carbocycles. The number of benzene rings is 1. The second kappa shape index (κ2) is 9.11. The number of amides is 1. The highest BCUT2D eigenvalue weighted by Gasteiger charge is 2.41. The Bertz CT molecular complexity index is 661. The molecule has 1 aliphatic heterocycles. The number of carboxylic acid groups (broad SMARTS) is 1. The molecule has 0 bridgehead atoms. The smallest absolute Gasteiger partial charge is 0.303 e. The lowest BCUT2D eigenvalue weighted by Gasteiger charge is -2.40. The van der Waals surface area contributed by atoms with Crippen LogP contribution in [-0.2, 0) is 15.0 Å². The van der Waals surface area contributed by atoms with Gasteiger partial charge in [-0.25, -0.2) is 0 Å². The number of piperidine rings is 1. The van der Waals surface area contributed by atoms with Crippen molar-refractivity contribution in [1.29, 1.82) is 0 Å². The normalized spacial score (nSPS) is 15.5. The van der Waals surface area contributed by atoms with Crippen LogP contribution in [0.5, 0.6) is 11.5 Å². The summed E-state index contributed by atoms with van der Waals surface area (Å²) in [5, 5.41) is 8.98. The standard InChI is InChI=1S/C21H31NO5/c1-5-21(6-2,16-7-8-17(26-3)18(14-16)27-4)20(25)22-11-9-15(10-12-22)13-19(23)24/h7-8,14-15H,5-6,9-13H2,1-4H3,(H,23,24). The SMILES string of the molecule is CCC(CC)(C(=O)N1CCC(CC(=O)O)CC1)c1ccc(OC)c(OC)c1. The van der Waals surface area contributed by atoms with Crippen molar-refractivity contribution in [2.45, 2.75) is 51.4 Å². The number of hydrogen-bond donors (Lipinski definition) is 1. The maximum atomic E-state index is 13.5. The molecule has 0 saturated carbocycles. The van der Waals surface area contributed by atoms with Gasteiger partial charge in [0.05, 0.1) is 19.6 Å². The predicted molar refractivity (Wildman–Crippen MR) is 103 cm³/mol. The van der Waals surface area contributed by atoms with E-state index >= 15 is 0 Å². The first kappa shape index (κ1) is 21.1. The summed E-state index contributed by atoms with van der Waals surface area (Å²) in [6.07, 6.45) is 3.05. The van der Waals surface area contributed by atoms with E-state index in [2.05, 4.69) is 0 Å². The van der Waals surface area contributed by atoms with Crippen molar-refractivity contribution in [3.63, 3.8) is 0 Å². The number of methoxy groups -OCH3 is 2. The third-order valence-corrected chi connectivity index (χ3v) is 5.92. The lowest BCUT2D eigenvalue weighted by Crippen LogP contribution is -2.49. The van der Waals surface area contributed by atoms with Crippen LogP contribution >= 0.6 is 0 Å². The Morgan fingerprint density at radius 3 is 2.19 bits per heavy atom. The van der Waals surface area contributed by atoms with Crippen LogP contribution in [0.4, 0.5) is 0 Å². The zero-order chi connectivity index (χ0) is 20.0. The van der Waals surface area contributed by atoms with Crippen molar-refractivity contribution in [2.75, 3.05) is 27.3 Å². The summed E-state index contributed by atoms with van der Waals surface area (Å²) in [5.41, 5.74) is 0.321. The quantitative estimate of drug-likeness (QED) is 0.751. The van der Waals surface area contributed by atoms with Gasteiger partial charge in [0, 0.05) is 19.5 Å². The van der Waals surface area contributed by atoms with Gasteiger partial charge in [0.15, 0.2) is 11.5 Å². The molecular weight excluding hydrogens is 346 g/mol. The first-order chi connectivity index (χ1) is 12.9. The highest BCUT2D eigenvalue weighted by molar-refractivity contribution is 5.88. The van der Waals surface area contributed by atoms with Gasteiger partial charge in [0.2, 0.25) is 5.91 Å². The Kier molecular flexibility index (Phi) is 7.11. The average Bonchev–Trinajstić information content (AvgIpc) is 2.69. The van der Waals surface area contributed by atoms with Crippen molar-refractivity contribution >= 4 is 11.9 Å². The first-order valence-corrected chi connectivity index (χ1v) is 9.65. The minimum absolute atomic E-state index is 0.119. The van der Waals surface area contributed by atoms with Gasteiger partial charge in [0.1, 0.15) is 0 Å². The van der Waals surface area contributed by atoms with Gasteiger partial charge in [-0.2, -0.15) is 0 Å². The number of carbonyl (C=O) groups is 2. The van der Waals surface area contributed by atoms with Crippen molar-refractivity contribution < 1.29 is 24.2 Å². The topological polar surface area (TPSA) is 76.1 Å². The van der Waals surface area contributed by atoms with Crippen LogP contribution in [-0.4, -0.2) is 49.2 Å². The number of carboxylic acids is 1. The third kappa shape index (κ3) is 4.37. The molecule has 0 atom stereocenters. The van der Waals surface area contributed by atoms with E-state index in [1.807, 2.05) is 36.9 Å². The Balaban J connectivity index is 2.25. The molecule has 1 aliphatic rings. The summed E-state index contributed by atoms with van der Waals surface area (Å²) in [5.74, 6) is 0.777. The molecule has 1 amide bonds. The number of carbonyl (C=O) groups excluding carboxylic acids is 1. The molecule has 150 valence electrons. The lowest BCUT2D eigenvalue weighted by molar-refractivity contribution is -0.140. The molecule has 1 aromatic carbocycles. The highest BCUT2D eigenvalue weighted by atomic mass is 16.5. The molecule has 0 spiro atoms. The van der Waals surface area contributed by atoms with Gasteiger partial charge in [-0.05, 0) is 49.3 Å². The van der Waals surface area contributed by atoms with Crippen molar-refractivity contribution in [2.24, 2.45) is 5.92 Å². The van der Waals surface area contributed by atoms with Crippen molar-refractivity contribution in [1.82, 2.24) is 4.90 Å². The van der Waals surface area contributed by atoms with E-state index in [0.29, 0.717) is 37.4 Å². The summed E-state index contributed by atoms with van der Waals surface area (Å²) in [6.45, 7) is 5.31. The molecular formula is C21H31NO5. The van der Waals surface area contributed by atoms with Gasteiger partial charge < -0.3 is 19.5 Å². The molecule has 1 fully saturated rings. The predicted octanol–water partition coefficient (Wildman–Crippen LogP) is 3.47. The summed E-state index contributed by atoms with van der Waals surface area (Å²) < 4.78 is 10.8. The molecule has 0 radical (unpaired) electrons. The molecule has 1 saturated heterocycles. The molecule has 1 N–H and O–H groups in total. The van der Waals surface area contributed by atoms with E-state index in [1.54, 1.807) is 14.2 Å². The highest BCUT2D eigenvalue weighted by Crippen LogP contribution is 2.39. The molecule has 6 nitrogen and oxygen atoms in total. The number of rotatable bonds is 8. The van der Waals surface area contributed by atoms with E-state index < -0.39 is 11.4 Å². The summed E-state index contributed by atoms with van der Waals surface area (Å²) >= 11 is 0. The van der Waals surface area contributed by atoms with Crippen LogP contribution in [0.1, 0.15) is 51.5 Å². The fourth-order valence-corrected chi connectivity index (χ4v) is 4.11. The Labute approximate surface area is 161 Å². The Morgan fingerprint density at radius 2 is 1.70 bits per heavy atom. The molecule has 6 heteroatoms. The van der Waals surface area contributed by atoms with Gasteiger partial charge in [-0.15, -0.1) is 0 Å². The third-order valence-electron chi connectivity index (χ3n) is 5.92. The number of aliphatic carboxylic acids is 1. The van der Waals surface area contributed by atoms with E-state index in [0.717, 1.165) is 18.4 Å². The van der Waals surface area contributed by atoms with Crippen LogP contribution < -0.4 is 9.47 Å².